The molecule has 2 amide bonds. The molecular formula is C18H23FN2O4. The van der Waals surface area contributed by atoms with Gasteiger partial charge in [0, 0.05) is 32.6 Å². The minimum atomic E-state index is -0.457. The fourth-order valence-electron chi connectivity index (χ4n) is 3.33. The number of halogens is 1. The predicted octanol–water partition coefficient (Wildman–Crippen LogP) is 1.08. The molecule has 0 radical (unpaired) electrons. The minimum absolute atomic E-state index is 0.141. The normalized spacial score (nSPS) is 21.8. The summed E-state index contributed by atoms with van der Waals surface area (Å²) in [5.41, 5.74) is 0.694. The molecule has 136 valence electrons. The number of hydrogen-bond donors (Lipinski definition) is 0. The number of rotatable bonds is 6. The highest BCUT2D eigenvalue weighted by Gasteiger charge is 2.38. The highest BCUT2D eigenvalue weighted by molar-refractivity contribution is 6.03. The molecule has 1 aromatic rings. The number of morpholine rings is 1. The average Bonchev–Trinajstić information content (AvgIpc) is 2.87. The lowest BCUT2D eigenvalue weighted by Crippen LogP contribution is -2.43. The van der Waals surface area contributed by atoms with Crippen LogP contribution in [0.5, 0.6) is 5.75 Å². The van der Waals surface area contributed by atoms with E-state index in [0.29, 0.717) is 38.3 Å². The first kappa shape index (κ1) is 17.8. The van der Waals surface area contributed by atoms with E-state index in [1.165, 1.54) is 18.1 Å². The van der Waals surface area contributed by atoms with Crippen molar-refractivity contribution in [1.29, 1.82) is 0 Å². The molecule has 1 aromatic carbocycles. The molecule has 1 atom stereocenters. The number of amides is 2. The van der Waals surface area contributed by atoms with Crippen molar-refractivity contribution in [2.24, 2.45) is 5.92 Å². The third-order valence-corrected chi connectivity index (χ3v) is 4.78. The number of hydrogen-bond acceptors (Lipinski definition) is 5. The molecule has 3 rings (SSSR count). The molecule has 0 N–H and O–H groups in total. The number of likely N-dealkylation sites (tertiary alicyclic amines) is 1. The van der Waals surface area contributed by atoms with E-state index in [0.717, 1.165) is 13.1 Å². The molecule has 2 fully saturated rings. The number of ether oxygens (including phenoxy) is 2. The number of nitrogens with zero attached hydrogens (tertiary/aromatic N) is 2. The molecule has 2 saturated heterocycles. The SMILES string of the molecule is COc1ccc(CC2CC(=O)N(CCN3CCOCC3)C2=O)cc1F. The van der Waals surface area contributed by atoms with E-state index in [-0.39, 0.29) is 24.0 Å². The van der Waals surface area contributed by atoms with Crippen LogP contribution >= 0.6 is 0 Å². The van der Waals surface area contributed by atoms with Crippen LogP contribution in [0.15, 0.2) is 18.2 Å². The first-order chi connectivity index (χ1) is 12.1. The number of methoxy groups -OCH3 is 1. The van der Waals surface area contributed by atoms with E-state index in [4.69, 9.17) is 9.47 Å². The summed E-state index contributed by atoms with van der Waals surface area (Å²) in [5, 5.41) is 0. The van der Waals surface area contributed by atoms with Crippen LogP contribution < -0.4 is 4.74 Å². The zero-order valence-electron chi connectivity index (χ0n) is 14.4. The summed E-state index contributed by atoms with van der Waals surface area (Å²) in [6.45, 7) is 4.10. The van der Waals surface area contributed by atoms with Crippen molar-refractivity contribution in [3.63, 3.8) is 0 Å². The van der Waals surface area contributed by atoms with Crippen molar-refractivity contribution in [3.05, 3.63) is 29.6 Å². The Labute approximate surface area is 146 Å². The Balaban J connectivity index is 1.57. The first-order valence-corrected chi connectivity index (χ1v) is 8.55. The molecule has 7 heteroatoms. The number of benzene rings is 1. The summed E-state index contributed by atoms with van der Waals surface area (Å²) < 4.78 is 24.0. The zero-order chi connectivity index (χ0) is 17.8. The Morgan fingerprint density at radius 2 is 2.00 bits per heavy atom. The van der Waals surface area contributed by atoms with Gasteiger partial charge in [-0.15, -0.1) is 0 Å². The molecule has 0 spiro atoms. The second-order valence-corrected chi connectivity index (χ2v) is 6.41. The van der Waals surface area contributed by atoms with Gasteiger partial charge in [-0.2, -0.15) is 0 Å². The highest BCUT2D eigenvalue weighted by Crippen LogP contribution is 2.26. The maximum atomic E-state index is 13.8. The highest BCUT2D eigenvalue weighted by atomic mass is 19.1. The van der Waals surface area contributed by atoms with Gasteiger partial charge in [0.25, 0.3) is 0 Å². The minimum Gasteiger partial charge on any atom is -0.494 e. The van der Waals surface area contributed by atoms with Crippen LogP contribution in [0.3, 0.4) is 0 Å². The Kier molecular flexibility index (Phi) is 5.65. The Morgan fingerprint density at radius 1 is 1.24 bits per heavy atom. The van der Waals surface area contributed by atoms with Crippen LogP contribution in [0.4, 0.5) is 4.39 Å². The summed E-state index contributed by atoms with van der Waals surface area (Å²) in [6, 6.07) is 4.64. The standard InChI is InChI=1S/C18H23FN2O4/c1-24-16-3-2-13(11-15(16)19)10-14-12-17(22)21(18(14)23)5-4-20-6-8-25-9-7-20/h2-3,11,14H,4-10,12H2,1H3. The topological polar surface area (TPSA) is 59.1 Å². The van der Waals surface area contributed by atoms with Crippen LogP contribution in [-0.4, -0.2) is 68.1 Å². The van der Waals surface area contributed by atoms with Crippen molar-refractivity contribution in [1.82, 2.24) is 9.80 Å². The number of carbonyl (C=O) groups is 2. The summed E-state index contributed by atoms with van der Waals surface area (Å²) in [4.78, 5) is 28.3. The molecule has 2 aliphatic heterocycles. The van der Waals surface area contributed by atoms with E-state index in [1.54, 1.807) is 12.1 Å². The van der Waals surface area contributed by atoms with Gasteiger partial charge in [-0.1, -0.05) is 6.07 Å². The smallest absolute Gasteiger partial charge is 0.233 e. The number of imide groups is 1. The zero-order valence-corrected chi connectivity index (χ0v) is 14.4. The summed E-state index contributed by atoms with van der Waals surface area (Å²) >= 11 is 0. The van der Waals surface area contributed by atoms with E-state index >= 15 is 0 Å². The molecule has 25 heavy (non-hydrogen) atoms. The van der Waals surface area contributed by atoms with Crippen molar-refractivity contribution in [2.45, 2.75) is 12.8 Å². The summed E-state index contributed by atoms with van der Waals surface area (Å²) in [6.07, 6.45) is 0.551. The van der Waals surface area contributed by atoms with Gasteiger partial charge in [-0.3, -0.25) is 19.4 Å². The fourth-order valence-corrected chi connectivity index (χ4v) is 3.33. The molecule has 0 bridgehead atoms. The molecule has 6 nitrogen and oxygen atoms in total. The maximum Gasteiger partial charge on any atom is 0.233 e. The second-order valence-electron chi connectivity index (χ2n) is 6.41. The lowest BCUT2D eigenvalue weighted by Gasteiger charge is -2.28. The monoisotopic (exact) mass is 350 g/mol. The molecule has 0 saturated carbocycles. The summed E-state index contributed by atoms with van der Waals surface area (Å²) in [7, 11) is 1.41. The van der Waals surface area contributed by atoms with Crippen LogP contribution in [0, 0.1) is 11.7 Å². The maximum absolute atomic E-state index is 13.8. The van der Waals surface area contributed by atoms with Crippen LogP contribution in [0.2, 0.25) is 0 Å². The molecule has 2 aliphatic rings. The summed E-state index contributed by atoms with van der Waals surface area (Å²) in [5.74, 6) is -0.998. The van der Waals surface area contributed by atoms with Crippen molar-refractivity contribution in [3.8, 4) is 5.75 Å². The van der Waals surface area contributed by atoms with E-state index in [1.807, 2.05) is 0 Å². The van der Waals surface area contributed by atoms with Gasteiger partial charge in [0.2, 0.25) is 11.8 Å². The molecule has 2 heterocycles. The van der Waals surface area contributed by atoms with Gasteiger partial charge in [0.1, 0.15) is 0 Å². The van der Waals surface area contributed by atoms with E-state index in [9.17, 15) is 14.0 Å². The molecule has 0 aliphatic carbocycles. The predicted molar refractivity (Wildman–Crippen MR) is 88.7 cm³/mol. The lowest BCUT2D eigenvalue weighted by atomic mass is 9.98. The van der Waals surface area contributed by atoms with Gasteiger partial charge in [0.15, 0.2) is 11.6 Å². The van der Waals surface area contributed by atoms with Crippen LogP contribution in [0.1, 0.15) is 12.0 Å². The van der Waals surface area contributed by atoms with Crippen LogP contribution in [-0.2, 0) is 20.7 Å². The van der Waals surface area contributed by atoms with E-state index in [2.05, 4.69) is 4.90 Å². The van der Waals surface area contributed by atoms with Gasteiger partial charge < -0.3 is 9.47 Å². The lowest BCUT2D eigenvalue weighted by molar-refractivity contribution is -0.139. The second kappa shape index (κ2) is 7.93. The van der Waals surface area contributed by atoms with Gasteiger partial charge >= 0.3 is 0 Å². The Bertz CT molecular complexity index is 646. The molecule has 0 aromatic heterocycles. The Hall–Kier alpha value is -1.99. The van der Waals surface area contributed by atoms with Gasteiger partial charge in [-0.25, -0.2) is 4.39 Å². The van der Waals surface area contributed by atoms with Crippen molar-refractivity contribution >= 4 is 11.8 Å². The molecular weight excluding hydrogens is 327 g/mol. The van der Waals surface area contributed by atoms with Gasteiger partial charge in [0.05, 0.1) is 26.2 Å². The van der Waals surface area contributed by atoms with E-state index < -0.39 is 11.7 Å². The third kappa shape index (κ3) is 4.16. The first-order valence-electron chi connectivity index (χ1n) is 8.55. The van der Waals surface area contributed by atoms with Crippen LogP contribution in [0.25, 0.3) is 0 Å². The Morgan fingerprint density at radius 3 is 2.68 bits per heavy atom. The quantitative estimate of drug-likeness (QED) is 0.719. The fraction of sp³-hybridized carbons (Fsp3) is 0.556. The van der Waals surface area contributed by atoms with Crippen molar-refractivity contribution < 1.29 is 23.5 Å². The van der Waals surface area contributed by atoms with Crippen molar-refractivity contribution in [2.75, 3.05) is 46.5 Å². The molecule has 1 unspecified atom stereocenters. The van der Waals surface area contributed by atoms with Gasteiger partial charge in [-0.05, 0) is 24.1 Å². The largest absolute Gasteiger partial charge is 0.494 e. The third-order valence-electron chi connectivity index (χ3n) is 4.78. The average molecular weight is 350 g/mol. The number of carbonyl (C=O) groups excluding carboxylic acids is 2.